The van der Waals surface area contributed by atoms with Crippen molar-refractivity contribution in [3.63, 3.8) is 0 Å². The normalized spacial score (nSPS) is 14.2. The number of amides is 2. The lowest BCUT2D eigenvalue weighted by molar-refractivity contribution is -0.116. The number of aromatic nitrogens is 1. The van der Waals surface area contributed by atoms with Gasteiger partial charge in [-0.2, -0.15) is 0 Å². The SMILES string of the molecule is O=C(CCN1CCSC1=O)Nc1ncc(Cc2ccc(Cl)cc2Cl)s1. The van der Waals surface area contributed by atoms with Crippen LogP contribution in [0.3, 0.4) is 0 Å². The Bertz CT molecular complexity index is 797. The van der Waals surface area contributed by atoms with Crippen molar-refractivity contribution < 1.29 is 9.59 Å². The lowest BCUT2D eigenvalue weighted by Crippen LogP contribution is -2.27. The maximum absolute atomic E-state index is 12.0. The molecule has 2 aromatic rings. The fourth-order valence-corrected chi connectivity index (χ4v) is 4.53. The van der Waals surface area contributed by atoms with E-state index in [0.717, 1.165) is 16.2 Å². The third-order valence-corrected chi connectivity index (χ3v) is 6.02. The number of thiazole rings is 1. The van der Waals surface area contributed by atoms with Crippen molar-refractivity contribution >= 4 is 62.6 Å². The van der Waals surface area contributed by atoms with E-state index in [9.17, 15) is 9.59 Å². The zero-order chi connectivity index (χ0) is 17.8. The minimum atomic E-state index is -0.143. The van der Waals surface area contributed by atoms with Crippen molar-refractivity contribution in [2.45, 2.75) is 12.8 Å². The molecule has 0 bridgehead atoms. The molecule has 0 spiro atoms. The fourth-order valence-electron chi connectivity index (χ4n) is 2.35. The number of benzene rings is 1. The molecule has 0 unspecified atom stereocenters. The molecule has 2 heterocycles. The molecule has 0 radical (unpaired) electrons. The fraction of sp³-hybridized carbons (Fsp3) is 0.312. The summed E-state index contributed by atoms with van der Waals surface area (Å²) in [5.74, 6) is 0.652. The van der Waals surface area contributed by atoms with Gasteiger partial charge in [0.25, 0.3) is 5.24 Å². The smallest absolute Gasteiger partial charge is 0.281 e. The zero-order valence-electron chi connectivity index (χ0n) is 13.1. The number of carbonyl (C=O) groups excluding carboxylic acids is 2. The van der Waals surface area contributed by atoms with Gasteiger partial charge in [0.1, 0.15) is 0 Å². The number of rotatable bonds is 6. The number of carbonyl (C=O) groups is 2. The molecule has 25 heavy (non-hydrogen) atoms. The lowest BCUT2D eigenvalue weighted by Gasteiger charge is -2.13. The molecular weight excluding hydrogens is 401 g/mol. The van der Waals surface area contributed by atoms with E-state index in [0.29, 0.717) is 34.7 Å². The van der Waals surface area contributed by atoms with Gasteiger partial charge in [-0.1, -0.05) is 41.0 Å². The summed E-state index contributed by atoms with van der Waals surface area (Å²) in [5.41, 5.74) is 0.956. The van der Waals surface area contributed by atoms with E-state index < -0.39 is 0 Å². The average Bonchev–Trinajstić information content (AvgIpc) is 3.17. The molecule has 5 nitrogen and oxygen atoms in total. The summed E-state index contributed by atoms with van der Waals surface area (Å²) in [6, 6.07) is 5.39. The maximum Gasteiger partial charge on any atom is 0.281 e. The highest BCUT2D eigenvalue weighted by Gasteiger charge is 2.21. The topological polar surface area (TPSA) is 62.3 Å². The number of nitrogens with one attached hydrogen (secondary N) is 1. The van der Waals surface area contributed by atoms with Gasteiger partial charge in [-0.25, -0.2) is 4.98 Å². The molecule has 0 aliphatic carbocycles. The first-order chi connectivity index (χ1) is 12.0. The van der Waals surface area contributed by atoms with Gasteiger partial charge in [0.2, 0.25) is 5.91 Å². The van der Waals surface area contributed by atoms with E-state index in [4.69, 9.17) is 23.2 Å². The second-order valence-corrected chi connectivity index (χ2v) is 8.45. The third kappa shape index (κ3) is 5.10. The average molecular weight is 416 g/mol. The Labute approximate surface area is 163 Å². The van der Waals surface area contributed by atoms with Crippen LogP contribution in [-0.2, 0) is 11.2 Å². The van der Waals surface area contributed by atoms with Crippen LogP contribution in [-0.4, -0.2) is 39.9 Å². The summed E-state index contributed by atoms with van der Waals surface area (Å²) < 4.78 is 0. The number of halogens is 2. The maximum atomic E-state index is 12.0. The first-order valence-electron chi connectivity index (χ1n) is 7.61. The number of hydrogen-bond donors (Lipinski definition) is 1. The number of anilines is 1. The Morgan fingerprint density at radius 2 is 2.20 bits per heavy atom. The van der Waals surface area contributed by atoms with Gasteiger partial charge in [0.05, 0.1) is 0 Å². The highest BCUT2D eigenvalue weighted by Crippen LogP contribution is 2.27. The van der Waals surface area contributed by atoms with Crippen LogP contribution in [0.15, 0.2) is 24.4 Å². The largest absolute Gasteiger partial charge is 0.332 e. The Morgan fingerprint density at radius 3 is 2.92 bits per heavy atom. The molecule has 2 amide bonds. The second-order valence-electron chi connectivity index (χ2n) is 5.44. The molecule has 1 aromatic carbocycles. The van der Waals surface area contributed by atoms with E-state index in [1.807, 2.05) is 6.07 Å². The van der Waals surface area contributed by atoms with Crippen LogP contribution in [0.5, 0.6) is 0 Å². The van der Waals surface area contributed by atoms with Crippen LogP contribution in [0.4, 0.5) is 9.93 Å². The molecule has 3 rings (SSSR count). The molecule has 1 saturated heterocycles. The van der Waals surface area contributed by atoms with Crippen LogP contribution in [0.25, 0.3) is 0 Å². The van der Waals surface area contributed by atoms with Gasteiger partial charge in [-0.15, -0.1) is 11.3 Å². The van der Waals surface area contributed by atoms with Crippen molar-refractivity contribution in [2.24, 2.45) is 0 Å². The second kappa shape index (κ2) is 8.40. The molecule has 1 aliphatic rings. The molecule has 9 heteroatoms. The zero-order valence-corrected chi connectivity index (χ0v) is 16.3. The van der Waals surface area contributed by atoms with E-state index in [2.05, 4.69) is 10.3 Å². The molecule has 0 saturated carbocycles. The molecule has 1 N–H and O–H groups in total. The predicted octanol–water partition coefficient (Wildman–Crippen LogP) is 4.54. The molecule has 0 atom stereocenters. The highest BCUT2D eigenvalue weighted by atomic mass is 35.5. The van der Waals surface area contributed by atoms with Crippen LogP contribution in [0.1, 0.15) is 16.9 Å². The monoisotopic (exact) mass is 415 g/mol. The third-order valence-electron chi connectivity index (χ3n) is 3.63. The Kier molecular flexibility index (Phi) is 6.22. The minimum absolute atomic E-state index is 0.0455. The van der Waals surface area contributed by atoms with Gasteiger partial charge in [-0.05, 0) is 17.7 Å². The summed E-state index contributed by atoms with van der Waals surface area (Å²) in [6.07, 6.45) is 2.62. The first-order valence-corrected chi connectivity index (χ1v) is 10.2. The molecule has 132 valence electrons. The number of thioether (sulfide) groups is 1. The van der Waals surface area contributed by atoms with Gasteiger partial charge in [0.15, 0.2) is 5.13 Å². The van der Waals surface area contributed by atoms with Crippen molar-refractivity contribution in [1.82, 2.24) is 9.88 Å². The van der Waals surface area contributed by atoms with Gasteiger partial charge in [-0.3, -0.25) is 9.59 Å². The standard InChI is InChI=1S/C16H15Cl2N3O2S2/c17-11-2-1-10(13(18)8-11)7-12-9-19-15(25-12)20-14(22)3-4-21-5-6-24-16(21)23/h1-2,8-9H,3-7H2,(H,19,20,22). The minimum Gasteiger partial charge on any atom is -0.332 e. The number of hydrogen-bond acceptors (Lipinski definition) is 5. The number of nitrogens with zero attached hydrogens (tertiary/aromatic N) is 2. The highest BCUT2D eigenvalue weighted by molar-refractivity contribution is 8.13. The quantitative estimate of drug-likeness (QED) is 0.751. The van der Waals surface area contributed by atoms with Gasteiger partial charge < -0.3 is 10.2 Å². The summed E-state index contributed by atoms with van der Waals surface area (Å²) in [6.45, 7) is 1.15. The molecule has 1 aliphatic heterocycles. The van der Waals surface area contributed by atoms with Gasteiger partial charge >= 0.3 is 0 Å². The van der Waals surface area contributed by atoms with E-state index in [-0.39, 0.29) is 17.6 Å². The Balaban J connectivity index is 1.52. The molecule has 1 fully saturated rings. The molecule has 1 aromatic heterocycles. The summed E-state index contributed by atoms with van der Waals surface area (Å²) in [5, 5.41) is 4.58. The van der Waals surface area contributed by atoms with Gasteiger partial charge in [0, 0.05) is 52.8 Å². The summed E-state index contributed by atoms with van der Waals surface area (Å²) in [7, 11) is 0. The summed E-state index contributed by atoms with van der Waals surface area (Å²) in [4.78, 5) is 30.4. The van der Waals surface area contributed by atoms with Crippen LogP contribution >= 0.6 is 46.3 Å². The van der Waals surface area contributed by atoms with E-state index >= 15 is 0 Å². The van der Waals surface area contributed by atoms with Crippen LogP contribution < -0.4 is 5.32 Å². The van der Waals surface area contributed by atoms with Crippen LogP contribution in [0.2, 0.25) is 10.0 Å². The van der Waals surface area contributed by atoms with Crippen LogP contribution in [0, 0.1) is 0 Å². The summed E-state index contributed by atoms with van der Waals surface area (Å²) >= 11 is 14.8. The lowest BCUT2D eigenvalue weighted by atomic mass is 10.1. The van der Waals surface area contributed by atoms with Crippen molar-refractivity contribution in [3.05, 3.63) is 44.9 Å². The molecular formula is C16H15Cl2N3O2S2. The van der Waals surface area contributed by atoms with Crippen molar-refractivity contribution in [3.8, 4) is 0 Å². The Morgan fingerprint density at radius 1 is 1.36 bits per heavy atom. The van der Waals surface area contributed by atoms with E-state index in [1.165, 1.54) is 23.1 Å². The van der Waals surface area contributed by atoms with E-state index in [1.54, 1.807) is 23.2 Å². The first kappa shape index (κ1) is 18.5. The Hall–Kier alpha value is -1.28. The van der Waals surface area contributed by atoms with Crippen molar-refractivity contribution in [2.75, 3.05) is 24.2 Å². The van der Waals surface area contributed by atoms with Crippen molar-refractivity contribution in [1.29, 1.82) is 0 Å². The predicted molar refractivity (Wildman–Crippen MR) is 104 cm³/mol.